The van der Waals surface area contributed by atoms with Gasteiger partial charge in [-0.2, -0.15) is 5.01 Å². The van der Waals surface area contributed by atoms with Gasteiger partial charge in [0.05, 0.1) is 6.54 Å². The number of aryl methyl sites for hydroxylation is 1. The Hall–Kier alpha value is -2.21. The minimum atomic E-state index is -0.302. The highest BCUT2D eigenvalue weighted by Gasteiger charge is 2.39. The first kappa shape index (κ1) is 15.7. The lowest BCUT2D eigenvalue weighted by Crippen LogP contribution is -2.52. The van der Waals surface area contributed by atoms with Crippen LogP contribution in [-0.2, 0) is 22.6 Å². The molecule has 0 aromatic heterocycles. The number of aliphatic hydroxyl groups is 1. The van der Waals surface area contributed by atoms with Crippen LogP contribution in [0.4, 0.5) is 0 Å². The molecule has 2 heterocycles. The van der Waals surface area contributed by atoms with Gasteiger partial charge in [0.15, 0.2) is 0 Å². The molecule has 3 rings (SSSR count). The van der Waals surface area contributed by atoms with Crippen molar-refractivity contribution in [2.75, 3.05) is 6.61 Å². The number of aliphatic hydroxyl groups excluding tert-OH is 1. The van der Waals surface area contributed by atoms with Crippen LogP contribution < -0.4 is 0 Å². The molecule has 1 N–H and O–H groups in total. The van der Waals surface area contributed by atoms with E-state index in [0.717, 1.165) is 29.0 Å². The standard InChI is InChI=1S/C17H20N2O4/c20-10-2-1-5-12-6-3-7-13-14(12)11-18(17(13)23)19-15(21)8-4-9-16(19)22/h3,6-7,20H,1-2,4-5,8-11H2. The molecule has 6 heteroatoms. The topological polar surface area (TPSA) is 77.9 Å². The van der Waals surface area contributed by atoms with Crippen molar-refractivity contribution in [3.8, 4) is 0 Å². The van der Waals surface area contributed by atoms with E-state index in [2.05, 4.69) is 0 Å². The molecule has 0 bridgehead atoms. The number of nitrogens with zero attached hydrogens (tertiary/aromatic N) is 2. The predicted molar refractivity (Wildman–Crippen MR) is 82.0 cm³/mol. The molecular weight excluding hydrogens is 296 g/mol. The van der Waals surface area contributed by atoms with Gasteiger partial charge < -0.3 is 5.11 Å². The van der Waals surface area contributed by atoms with E-state index in [-0.39, 0.29) is 30.9 Å². The number of amides is 3. The summed E-state index contributed by atoms with van der Waals surface area (Å²) in [5.41, 5.74) is 2.50. The van der Waals surface area contributed by atoms with Crippen molar-refractivity contribution < 1.29 is 19.5 Å². The zero-order chi connectivity index (χ0) is 16.4. The third-order valence-electron chi connectivity index (χ3n) is 4.40. The predicted octanol–water partition coefficient (Wildman–Crippen LogP) is 1.41. The minimum Gasteiger partial charge on any atom is -0.396 e. The van der Waals surface area contributed by atoms with Gasteiger partial charge in [-0.25, -0.2) is 5.01 Å². The molecule has 0 unspecified atom stereocenters. The zero-order valence-electron chi connectivity index (χ0n) is 13.0. The summed E-state index contributed by atoms with van der Waals surface area (Å²) in [4.78, 5) is 36.7. The van der Waals surface area contributed by atoms with E-state index < -0.39 is 0 Å². The Labute approximate surface area is 134 Å². The Morgan fingerprint density at radius 1 is 1.04 bits per heavy atom. The maximum Gasteiger partial charge on any atom is 0.273 e. The van der Waals surface area contributed by atoms with Gasteiger partial charge >= 0.3 is 0 Å². The lowest BCUT2D eigenvalue weighted by molar-refractivity contribution is -0.163. The van der Waals surface area contributed by atoms with Crippen LogP contribution in [0, 0.1) is 0 Å². The van der Waals surface area contributed by atoms with E-state index in [4.69, 9.17) is 5.11 Å². The van der Waals surface area contributed by atoms with E-state index in [1.807, 2.05) is 12.1 Å². The second-order valence-corrected chi connectivity index (χ2v) is 5.94. The summed E-state index contributed by atoms with van der Waals surface area (Å²) in [5.74, 6) is -0.888. The number of hydrogen-bond donors (Lipinski definition) is 1. The molecule has 1 aromatic rings. The number of fused-ring (bicyclic) bond motifs is 1. The van der Waals surface area contributed by atoms with Crippen molar-refractivity contribution in [3.05, 3.63) is 34.9 Å². The van der Waals surface area contributed by atoms with Gasteiger partial charge in [-0.3, -0.25) is 14.4 Å². The molecule has 0 spiro atoms. The van der Waals surface area contributed by atoms with Crippen LogP contribution >= 0.6 is 0 Å². The number of imide groups is 1. The first-order valence-corrected chi connectivity index (χ1v) is 8.02. The van der Waals surface area contributed by atoms with Crippen LogP contribution in [0.3, 0.4) is 0 Å². The monoisotopic (exact) mass is 316 g/mol. The number of benzene rings is 1. The first-order chi connectivity index (χ1) is 11.1. The molecular formula is C17H20N2O4. The molecule has 23 heavy (non-hydrogen) atoms. The van der Waals surface area contributed by atoms with Crippen molar-refractivity contribution in [1.82, 2.24) is 10.0 Å². The van der Waals surface area contributed by atoms with Gasteiger partial charge in [-0.15, -0.1) is 0 Å². The van der Waals surface area contributed by atoms with Crippen LogP contribution in [0.2, 0.25) is 0 Å². The second-order valence-electron chi connectivity index (χ2n) is 5.94. The number of unbranched alkanes of at least 4 members (excludes halogenated alkanes) is 1. The molecule has 0 saturated carbocycles. The van der Waals surface area contributed by atoms with E-state index in [9.17, 15) is 14.4 Å². The van der Waals surface area contributed by atoms with Crippen molar-refractivity contribution in [1.29, 1.82) is 0 Å². The number of hydrogen-bond acceptors (Lipinski definition) is 4. The molecule has 0 atom stereocenters. The van der Waals surface area contributed by atoms with E-state index in [0.29, 0.717) is 31.2 Å². The highest BCUT2D eigenvalue weighted by atomic mass is 16.3. The maximum atomic E-state index is 12.6. The number of rotatable bonds is 5. The quantitative estimate of drug-likeness (QED) is 0.658. The molecule has 0 aliphatic carbocycles. The minimum absolute atomic E-state index is 0.150. The number of piperidine rings is 1. The molecule has 1 aromatic carbocycles. The highest BCUT2D eigenvalue weighted by Crippen LogP contribution is 2.30. The molecule has 6 nitrogen and oxygen atoms in total. The van der Waals surface area contributed by atoms with E-state index >= 15 is 0 Å². The number of hydrazine groups is 1. The first-order valence-electron chi connectivity index (χ1n) is 8.02. The molecule has 122 valence electrons. The van der Waals surface area contributed by atoms with Gasteiger partial charge in [-0.1, -0.05) is 12.1 Å². The average molecular weight is 316 g/mol. The Balaban J connectivity index is 1.85. The van der Waals surface area contributed by atoms with Gasteiger partial charge in [0, 0.05) is 25.0 Å². The second kappa shape index (κ2) is 6.50. The summed E-state index contributed by atoms with van der Waals surface area (Å²) in [6.45, 7) is 0.414. The van der Waals surface area contributed by atoms with Crippen molar-refractivity contribution in [2.24, 2.45) is 0 Å². The van der Waals surface area contributed by atoms with Crippen molar-refractivity contribution in [2.45, 2.75) is 45.1 Å². The smallest absolute Gasteiger partial charge is 0.273 e. The van der Waals surface area contributed by atoms with E-state index in [1.54, 1.807) is 6.07 Å². The van der Waals surface area contributed by atoms with Crippen LogP contribution in [0.1, 0.15) is 53.6 Å². The maximum absolute atomic E-state index is 12.6. The fourth-order valence-corrected chi connectivity index (χ4v) is 3.22. The Morgan fingerprint density at radius 3 is 2.48 bits per heavy atom. The highest BCUT2D eigenvalue weighted by molar-refractivity contribution is 6.04. The molecule has 1 saturated heterocycles. The van der Waals surface area contributed by atoms with Gasteiger partial charge in [-0.05, 0) is 42.9 Å². The molecule has 0 radical (unpaired) electrons. The third-order valence-corrected chi connectivity index (χ3v) is 4.40. The largest absolute Gasteiger partial charge is 0.396 e. The summed E-state index contributed by atoms with van der Waals surface area (Å²) in [6, 6.07) is 5.54. The fraction of sp³-hybridized carbons (Fsp3) is 0.471. The normalized spacial score (nSPS) is 17.9. The summed E-state index contributed by atoms with van der Waals surface area (Å²) in [6.07, 6.45) is 3.47. The lowest BCUT2D eigenvalue weighted by atomic mass is 9.99. The van der Waals surface area contributed by atoms with Crippen LogP contribution in [0.25, 0.3) is 0 Å². The lowest BCUT2D eigenvalue weighted by Gasteiger charge is -2.32. The Bertz CT molecular complexity index is 640. The molecule has 3 amide bonds. The number of carbonyl (C=O) groups excluding carboxylic acids is 3. The van der Waals surface area contributed by atoms with E-state index in [1.165, 1.54) is 5.01 Å². The zero-order valence-corrected chi connectivity index (χ0v) is 13.0. The van der Waals surface area contributed by atoms with Gasteiger partial charge in [0.2, 0.25) is 11.8 Å². The Morgan fingerprint density at radius 2 is 1.78 bits per heavy atom. The summed E-state index contributed by atoms with van der Waals surface area (Å²) >= 11 is 0. The van der Waals surface area contributed by atoms with Crippen LogP contribution in [-0.4, -0.2) is 39.5 Å². The summed E-state index contributed by atoms with van der Waals surface area (Å²) < 4.78 is 0. The summed E-state index contributed by atoms with van der Waals surface area (Å²) in [5, 5.41) is 11.2. The SMILES string of the molecule is O=C1c2cccc(CCCCO)c2CN1N1C(=O)CCCC1=O. The number of carbonyl (C=O) groups is 3. The van der Waals surface area contributed by atoms with Gasteiger partial charge in [0.1, 0.15) is 0 Å². The average Bonchev–Trinajstić information content (AvgIpc) is 2.86. The van der Waals surface area contributed by atoms with Gasteiger partial charge in [0.25, 0.3) is 5.91 Å². The van der Waals surface area contributed by atoms with Crippen molar-refractivity contribution in [3.63, 3.8) is 0 Å². The summed E-state index contributed by atoms with van der Waals surface area (Å²) in [7, 11) is 0. The molecule has 2 aliphatic rings. The fourth-order valence-electron chi connectivity index (χ4n) is 3.22. The molecule has 2 aliphatic heterocycles. The molecule has 1 fully saturated rings. The van der Waals surface area contributed by atoms with Crippen molar-refractivity contribution >= 4 is 17.7 Å². The van der Waals surface area contributed by atoms with Crippen LogP contribution in [0.5, 0.6) is 0 Å². The van der Waals surface area contributed by atoms with Crippen LogP contribution in [0.15, 0.2) is 18.2 Å². The Kier molecular flexibility index (Phi) is 4.43. The third kappa shape index (κ3) is 2.86.